The van der Waals surface area contributed by atoms with Gasteiger partial charge in [-0.05, 0) is 46.0 Å². The average molecular weight is 337 g/mol. The van der Waals surface area contributed by atoms with E-state index in [0.29, 0.717) is 12.8 Å². The van der Waals surface area contributed by atoms with E-state index in [0.717, 1.165) is 17.7 Å². The van der Waals surface area contributed by atoms with Crippen LogP contribution in [0.2, 0.25) is 0 Å². The molecule has 0 heterocycles. The third kappa shape index (κ3) is 9.98. The molecule has 5 heteroatoms. The van der Waals surface area contributed by atoms with E-state index in [-0.39, 0.29) is 25.0 Å². The zero-order valence-electron chi connectivity index (χ0n) is 15.5. The molecule has 0 bridgehead atoms. The number of rotatable bonds is 11. The molecule has 0 aliphatic carbocycles. The lowest BCUT2D eigenvalue weighted by Crippen LogP contribution is -2.39. The summed E-state index contributed by atoms with van der Waals surface area (Å²) >= 11 is 0. The van der Waals surface area contributed by atoms with Crippen LogP contribution in [0.1, 0.15) is 59.8 Å². The summed E-state index contributed by atoms with van der Waals surface area (Å²) in [5.41, 5.74) is 1.26. The predicted octanol–water partition coefficient (Wildman–Crippen LogP) is 3.64. The number of carbonyl (C=O) groups excluding carboxylic acids is 3. The van der Waals surface area contributed by atoms with Gasteiger partial charge >= 0.3 is 5.97 Å². The van der Waals surface area contributed by atoms with Gasteiger partial charge in [0.05, 0.1) is 6.61 Å². The van der Waals surface area contributed by atoms with E-state index in [1.807, 2.05) is 20.8 Å². The second-order valence-corrected chi connectivity index (χ2v) is 6.17. The topological polar surface area (TPSA) is 63.7 Å². The molecule has 0 aliphatic heterocycles. The first-order valence-electron chi connectivity index (χ1n) is 8.54. The molecule has 0 radical (unpaired) electrons. The fraction of sp³-hybridized carbons (Fsp3) is 0.632. The van der Waals surface area contributed by atoms with Crippen LogP contribution in [0.5, 0.6) is 0 Å². The standard InChI is InChI=1S/C19H31NO4/c1-6-8-12-20(18(22)14-19(23)24-7-2)17(21)13-16(5)11-9-10-15(3)4/h6,10,16H,1,7-9,11-14H2,2-5H3. The molecule has 0 saturated heterocycles. The minimum atomic E-state index is -0.601. The zero-order valence-corrected chi connectivity index (χ0v) is 15.5. The lowest BCUT2D eigenvalue weighted by Gasteiger charge is -2.22. The average Bonchev–Trinajstić information content (AvgIpc) is 2.47. The maximum Gasteiger partial charge on any atom is 0.315 e. The van der Waals surface area contributed by atoms with E-state index in [9.17, 15) is 14.4 Å². The number of amides is 2. The molecule has 136 valence electrons. The highest BCUT2D eigenvalue weighted by Crippen LogP contribution is 2.14. The van der Waals surface area contributed by atoms with Crippen LogP contribution in [0.3, 0.4) is 0 Å². The number of esters is 1. The summed E-state index contributed by atoms with van der Waals surface area (Å²) in [5, 5.41) is 0. The van der Waals surface area contributed by atoms with Crippen molar-refractivity contribution in [2.24, 2.45) is 5.92 Å². The molecule has 1 atom stereocenters. The Labute approximate surface area is 145 Å². The van der Waals surface area contributed by atoms with Gasteiger partial charge in [-0.1, -0.05) is 24.6 Å². The summed E-state index contributed by atoms with van der Waals surface area (Å²) in [6, 6.07) is 0. The van der Waals surface area contributed by atoms with Gasteiger partial charge in [-0.25, -0.2) is 0 Å². The first-order valence-corrected chi connectivity index (χ1v) is 8.54. The third-order valence-corrected chi connectivity index (χ3v) is 3.49. The molecule has 0 spiro atoms. The molecular formula is C19H31NO4. The van der Waals surface area contributed by atoms with Crippen LogP contribution >= 0.6 is 0 Å². The molecule has 0 N–H and O–H groups in total. The number of allylic oxidation sites excluding steroid dienone is 2. The molecule has 0 aliphatic rings. The molecule has 24 heavy (non-hydrogen) atoms. The molecule has 0 saturated carbocycles. The second-order valence-electron chi connectivity index (χ2n) is 6.17. The Hall–Kier alpha value is -1.91. The number of nitrogens with zero attached hydrogens (tertiary/aromatic N) is 1. The Kier molecular flexibility index (Phi) is 11.5. The van der Waals surface area contributed by atoms with E-state index < -0.39 is 18.3 Å². The normalized spacial score (nSPS) is 11.3. The van der Waals surface area contributed by atoms with E-state index in [1.165, 1.54) is 5.57 Å². The Morgan fingerprint density at radius 1 is 1.17 bits per heavy atom. The van der Waals surface area contributed by atoms with Gasteiger partial charge in [-0.15, -0.1) is 6.58 Å². The lowest BCUT2D eigenvalue weighted by atomic mass is 10.00. The van der Waals surface area contributed by atoms with Gasteiger partial charge in [0, 0.05) is 13.0 Å². The summed E-state index contributed by atoms with van der Waals surface area (Å²) in [6.07, 6.45) is 5.99. The maximum atomic E-state index is 12.4. The molecule has 0 rings (SSSR count). The SMILES string of the molecule is C=CCCN(C(=O)CC(=O)OCC)C(=O)CC(C)CCC=C(C)C. The highest BCUT2D eigenvalue weighted by molar-refractivity contribution is 6.02. The van der Waals surface area contributed by atoms with Crippen molar-refractivity contribution < 1.29 is 19.1 Å². The van der Waals surface area contributed by atoms with Crippen molar-refractivity contribution in [2.45, 2.75) is 59.8 Å². The van der Waals surface area contributed by atoms with Gasteiger partial charge in [0.15, 0.2) is 0 Å². The summed E-state index contributed by atoms with van der Waals surface area (Å²) in [5.74, 6) is -1.17. The number of imide groups is 1. The van der Waals surface area contributed by atoms with Crippen LogP contribution in [0, 0.1) is 5.92 Å². The summed E-state index contributed by atoms with van der Waals surface area (Å²) in [6.45, 7) is 11.8. The smallest absolute Gasteiger partial charge is 0.315 e. The van der Waals surface area contributed by atoms with E-state index in [2.05, 4.69) is 12.7 Å². The first kappa shape index (κ1) is 22.1. The van der Waals surface area contributed by atoms with Crippen LogP contribution < -0.4 is 0 Å². The Morgan fingerprint density at radius 2 is 1.83 bits per heavy atom. The van der Waals surface area contributed by atoms with Crippen LogP contribution in [-0.4, -0.2) is 35.8 Å². The number of carbonyl (C=O) groups is 3. The van der Waals surface area contributed by atoms with Gasteiger partial charge in [0.25, 0.3) is 0 Å². The Bertz CT molecular complexity index is 464. The van der Waals surface area contributed by atoms with Crippen LogP contribution in [0.4, 0.5) is 0 Å². The summed E-state index contributed by atoms with van der Waals surface area (Å²) < 4.78 is 4.78. The fourth-order valence-corrected chi connectivity index (χ4v) is 2.21. The molecule has 0 aromatic carbocycles. The summed E-state index contributed by atoms with van der Waals surface area (Å²) in [7, 11) is 0. The van der Waals surface area contributed by atoms with Crippen LogP contribution in [0.15, 0.2) is 24.3 Å². The fourth-order valence-electron chi connectivity index (χ4n) is 2.21. The second kappa shape index (κ2) is 12.5. The van der Waals surface area contributed by atoms with Crippen molar-refractivity contribution >= 4 is 17.8 Å². The molecule has 5 nitrogen and oxygen atoms in total. The summed E-state index contributed by atoms with van der Waals surface area (Å²) in [4.78, 5) is 37.3. The third-order valence-electron chi connectivity index (χ3n) is 3.49. The molecular weight excluding hydrogens is 306 g/mol. The van der Waals surface area contributed by atoms with E-state index >= 15 is 0 Å². The molecule has 0 fully saturated rings. The Morgan fingerprint density at radius 3 is 2.38 bits per heavy atom. The van der Waals surface area contributed by atoms with Crippen molar-refractivity contribution in [1.82, 2.24) is 4.90 Å². The van der Waals surface area contributed by atoms with E-state index in [1.54, 1.807) is 13.0 Å². The van der Waals surface area contributed by atoms with Crippen molar-refractivity contribution in [3.63, 3.8) is 0 Å². The maximum absolute atomic E-state index is 12.4. The van der Waals surface area contributed by atoms with Gasteiger partial charge in [0.2, 0.25) is 11.8 Å². The quantitative estimate of drug-likeness (QED) is 0.328. The first-order chi connectivity index (χ1) is 11.3. The predicted molar refractivity (Wildman–Crippen MR) is 95.2 cm³/mol. The van der Waals surface area contributed by atoms with Crippen molar-refractivity contribution in [1.29, 1.82) is 0 Å². The minimum absolute atomic E-state index is 0.176. The van der Waals surface area contributed by atoms with Crippen molar-refractivity contribution in [3.05, 3.63) is 24.3 Å². The highest BCUT2D eigenvalue weighted by atomic mass is 16.5. The number of hydrogen-bond acceptors (Lipinski definition) is 4. The highest BCUT2D eigenvalue weighted by Gasteiger charge is 2.24. The Balaban J connectivity index is 4.68. The van der Waals surface area contributed by atoms with Gasteiger partial charge < -0.3 is 4.74 Å². The lowest BCUT2D eigenvalue weighted by molar-refractivity contribution is -0.152. The van der Waals surface area contributed by atoms with Crippen LogP contribution in [-0.2, 0) is 19.1 Å². The van der Waals surface area contributed by atoms with Gasteiger partial charge in [-0.2, -0.15) is 0 Å². The zero-order chi connectivity index (χ0) is 18.5. The van der Waals surface area contributed by atoms with Crippen LogP contribution in [0.25, 0.3) is 0 Å². The minimum Gasteiger partial charge on any atom is -0.466 e. The van der Waals surface area contributed by atoms with E-state index in [4.69, 9.17) is 4.74 Å². The van der Waals surface area contributed by atoms with Gasteiger partial charge in [-0.3, -0.25) is 19.3 Å². The monoisotopic (exact) mass is 337 g/mol. The van der Waals surface area contributed by atoms with Crippen molar-refractivity contribution in [3.8, 4) is 0 Å². The molecule has 2 amide bonds. The largest absolute Gasteiger partial charge is 0.466 e. The molecule has 0 aromatic heterocycles. The van der Waals surface area contributed by atoms with Gasteiger partial charge in [0.1, 0.15) is 6.42 Å². The van der Waals surface area contributed by atoms with Crippen molar-refractivity contribution in [2.75, 3.05) is 13.2 Å². The number of ether oxygens (including phenoxy) is 1. The number of hydrogen-bond donors (Lipinski definition) is 0. The molecule has 0 aromatic rings. The molecule has 1 unspecified atom stereocenters.